The first-order valence-corrected chi connectivity index (χ1v) is 8.06. The molecule has 0 aliphatic rings. The Balaban J connectivity index is 2.13. The van der Waals surface area contributed by atoms with Crippen LogP contribution in [0, 0.1) is 0 Å². The summed E-state index contributed by atoms with van der Waals surface area (Å²) in [4.78, 5) is 11.9. The van der Waals surface area contributed by atoms with Gasteiger partial charge in [0.25, 0.3) is 5.56 Å². The van der Waals surface area contributed by atoms with Gasteiger partial charge in [0.2, 0.25) is 0 Å². The molecule has 2 heterocycles. The zero-order chi connectivity index (χ0) is 14.7. The zero-order valence-electron chi connectivity index (χ0n) is 12.0. The van der Waals surface area contributed by atoms with Gasteiger partial charge in [0.05, 0.1) is 0 Å². The summed E-state index contributed by atoms with van der Waals surface area (Å²) in [5.74, 6) is 0. The lowest BCUT2D eigenvalue weighted by Gasteiger charge is -2.11. The standard InChI is InChI=1S/C18H17NOS/c1-2-10-19-12-14(7-8-18(19)20)16-5-3-4-6-17(16)15-9-11-21-13-15/h3-9,11-13H,2,10H2,1H3. The molecule has 21 heavy (non-hydrogen) atoms. The van der Waals surface area contributed by atoms with Crippen molar-refractivity contribution in [3.8, 4) is 22.3 Å². The molecule has 2 nitrogen and oxygen atoms in total. The highest BCUT2D eigenvalue weighted by atomic mass is 32.1. The van der Waals surface area contributed by atoms with E-state index < -0.39 is 0 Å². The first-order chi connectivity index (χ1) is 10.3. The second-order valence-corrected chi connectivity index (χ2v) is 5.79. The van der Waals surface area contributed by atoms with E-state index in [1.54, 1.807) is 22.0 Å². The van der Waals surface area contributed by atoms with Crippen molar-refractivity contribution in [2.24, 2.45) is 0 Å². The molecule has 2 aromatic heterocycles. The molecule has 0 saturated heterocycles. The number of hydrogen-bond donors (Lipinski definition) is 0. The molecule has 3 aromatic rings. The van der Waals surface area contributed by atoms with Crippen LogP contribution in [0.2, 0.25) is 0 Å². The topological polar surface area (TPSA) is 22.0 Å². The molecule has 0 amide bonds. The number of aryl methyl sites for hydroxylation is 1. The number of thiophene rings is 1. The van der Waals surface area contributed by atoms with Crippen molar-refractivity contribution < 1.29 is 0 Å². The quantitative estimate of drug-likeness (QED) is 0.686. The van der Waals surface area contributed by atoms with Crippen LogP contribution in [0.4, 0.5) is 0 Å². The van der Waals surface area contributed by atoms with Crippen LogP contribution < -0.4 is 5.56 Å². The fraction of sp³-hybridized carbons (Fsp3) is 0.167. The third-order valence-electron chi connectivity index (χ3n) is 3.52. The lowest BCUT2D eigenvalue weighted by atomic mass is 9.97. The highest BCUT2D eigenvalue weighted by Gasteiger charge is 2.08. The van der Waals surface area contributed by atoms with Crippen LogP contribution in [0.1, 0.15) is 13.3 Å². The summed E-state index contributed by atoms with van der Waals surface area (Å²) in [6.45, 7) is 2.84. The Bertz CT molecular complexity index is 787. The Labute approximate surface area is 128 Å². The fourth-order valence-corrected chi connectivity index (χ4v) is 3.17. The summed E-state index contributed by atoms with van der Waals surface area (Å²) in [6, 6.07) is 14.1. The highest BCUT2D eigenvalue weighted by Crippen LogP contribution is 2.32. The largest absolute Gasteiger partial charge is 0.315 e. The molecule has 0 radical (unpaired) electrons. The van der Waals surface area contributed by atoms with Gasteiger partial charge in [-0.3, -0.25) is 4.79 Å². The molecule has 0 N–H and O–H groups in total. The first kappa shape index (κ1) is 13.8. The highest BCUT2D eigenvalue weighted by molar-refractivity contribution is 7.08. The monoisotopic (exact) mass is 295 g/mol. The summed E-state index contributed by atoms with van der Waals surface area (Å²) >= 11 is 1.70. The van der Waals surface area contributed by atoms with Gasteiger partial charge < -0.3 is 4.57 Å². The van der Waals surface area contributed by atoms with E-state index in [-0.39, 0.29) is 5.56 Å². The van der Waals surface area contributed by atoms with Crippen molar-refractivity contribution in [3.63, 3.8) is 0 Å². The maximum atomic E-state index is 11.9. The van der Waals surface area contributed by atoms with Crippen molar-refractivity contribution in [1.82, 2.24) is 4.57 Å². The average molecular weight is 295 g/mol. The van der Waals surface area contributed by atoms with Crippen molar-refractivity contribution in [3.05, 3.63) is 69.8 Å². The van der Waals surface area contributed by atoms with Gasteiger partial charge in [-0.2, -0.15) is 11.3 Å². The Morgan fingerprint density at radius 2 is 1.76 bits per heavy atom. The molecule has 3 heteroatoms. The molecule has 0 spiro atoms. The molecule has 0 bridgehead atoms. The normalized spacial score (nSPS) is 10.7. The van der Waals surface area contributed by atoms with E-state index in [0.717, 1.165) is 18.5 Å². The van der Waals surface area contributed by atoms with E-state index >= 15 is 0 Å². The number of pyridine rings is 1. The Kier molecular flexibility index (Phi) is 4.02. The van der Waals surface area contributed by atoms with E-state index in [1.165, 1.54) is 16.7 Å². The predicted octanol–water partition coefficient (Wildman–Crippen LogP) is 4.65. The van der Waals surface area contributed by atoms with Crippen LogP contribution in [0.15, 0.2) is 64.2 Å². The molecule has 3 rings (SSSR count). The van der Waals surface area contributed by atoms with Crippen LogP contribution >= 0.6 is 11.3 Å². The summed E-state index contributed by atoms with van der Waals surface area (Å²) in [6.07, 6.45) is 2.92. The number of benzene rings is 1. The smallest absolute Gasteiger partial charge is 0.250 e. The van der Waals surface area contributed by atoms with Crippen LogP contribution in [-0.2, 0) is 6.54 Å². The molecule has 1 aromatic carbocycles. The van der Waals surface area contributed by atoms with Gasteiger partial charge >= 0.3 is 0 Å². The number of hydrogen-bond acceptors (Lipinski definition) is 2. The van der Waals surface area contributed by atoms with E-state index in [2.05, 4.69) is 41.9 Å². The van der Waals surface area contributed by atoms with Crippen LogP contribution in [0.5, 0.6) is 0 Å². The Morgan fingerprint density at radius 1 is 1.00 bits per heavy atom. The molecular formula is C18H17NOS. The summed E-state index contributed by atoms with van der Waals surface area (Å²) < 4.78 is 1.79. The van der Waals surface area contributed by atoms with Gasteiger partial charge in [-0.15, -0.1) is 0 Å². The van der Waals surface area contributed by atoms with Crippen molar-refractivity contribution in [1.29, 1.82) is 0 Å². The van der Waals surface area contributed by atoms with Gasteiger partial charge in [0.15, 0.2) is 0 Å². The first-order valence-electron chi connectivity index (χ1n) is 7.12. The van der Waals surface area contributed by atoms with Crippen LogP contribution in [0.3, 0.4) is 0 Å². The lowest BCUT2D eigenvalue weighted by molar-refractivity contribution is 0.655. The molecule has 0 aliphatic heterocycles. The minimum absolute atomic E-state index is 0.0635. The maximum Gasteiger partial charge on any atom is 0.250 e. The van der Waals surface area contributed by atoms with Crippen molar-refractivity contribution in [2.75, 3.05) is 0 Å². The second kappa shape index (κ2) is 6.10. The molecular weight excluding hydrogens is 278 g/mol. The van der Waals surface area contributed by atoms with Gasteiger partial charge in [-0.05, 0) is 51.6 Å². The van der Waals surface area contributed by atoms with Crippen molar-refractivity contribution in [2.45, 2.75) is 19.9 Å². The van der Waals surface area contributed by atoms with E-state index in [1.807, 2.05) is 18.3 Å². The van der Waals surface area contributed by atoms with Gasteiger partial charge in [0, 0.05) is 18.8 Å². The Morgan fingerprint density at radius 3 is 2.43 bits per heavy atom. The molecule has 0 saturated carbocycles. The zero-order valence-corrected chi connectivity index (χ0v) is 12.8. The Hall–Kier alpha value is -2.13. The minimum Gasteiger partial charge on any atom is -0.315 e. The van der Waals surface area contributed by atoms with Gasteiger partial charge in [0.1, 0.15) is 0 Å². The van der Waals surface area contributed by atoms with Crippen LogP contribution in [0.25, 0.3) is 22.3 Å². The molecule has 0 atom stereocenters. The van der Waals surface area contributed by atoms with E-state index in [9.17, 15) is 4.79 Å². The maximum absolute atomic E-state index is 11.9. The second-order valence-electron chi connectivity index (χ2n) is 5.01. The third-order valence-corrected chi connectivity index (χ3v) is 4.20. The summed E-state index contributed by atoms with van der Waals surface area (Å²) in [7, 11) is 0. The van der Waals surface area contributed by atoms with Gasteiger partial charge in [-0.1, -0.05) is 31.2 Å². The van der Waals surface area contributed by atoms with Crippen LogP contribution in [-0.4, -0.2) is 4.57 Å². The summed E-state index contributed by atoms with van der Waals surface area (Å²) in [5, 5.41) is 4.24. The molecule has 106 valence electrons. The number of rotatable bonds is 4. The molecule has 0 aliphatic carbocycles. The SMILES string of the molecule is CCCn1cc(-c2ccccc2-c2ccsc2)ccc1=O. The predicted molar refractivity (Wildman–Crippen MR) is 89.7 cm³/mol. The van der Waals surface area contributed by atoms with E-state index in [0.29, 0.717) is 0 Å². The fourth-order valence-electron chi connectivity index (χ4n) is 2.51. The third kappa shape index (κ3) is 2.83. The minimum atomic E-state index is 0.0635. The van der Waals surface area contributed by atoms with E-state index in [4.69, 9.17) is 0 Å². The molecule has 0 unspecified atom stereocenters. The molecule has 0 fully saturated rings. The van der Waals surface area contributed by atoms with Crippen molar-refractivity contribution >= 4 is 11.3 Å². The summed E-state index contributed by atoms with van der Waals surface area (Å²) in [5.41, 5.74) is 4.75. The number of aromatic nitrogens is 1. The van der Waals surface area contributed by atoms with Gasteiger partial charge in [-0.25, -0.2) is 0 Å². The average Bonchev–Trinajstić information content (AvgIpc) is 3.04. The lowest BCUT2D eigenvalue weighted by Crippen LogP contribution is -2.18. The number of nitrogens with zero attached hydrogens (tertiary/aromatic N) is 1.